The largest absolute Gasteiger partial charge is 0.434 e. The molecule has 174 valence electrons. The van der Waals surface area contributed by atoms with Crippen molar-refractivity contribution >= 4 is 23.5 Å². The van der Waals surface area contributed by atoms with Gasteiger partial charge in [0.2, 0.25) is 0 Å². The van der Waals surface area contributed by atoms with Crippen molar-refractivity contribution < 1.29 is 27.9 Å². The standard InChI is InChI=1S/C23H24F2N4O4/c24-22(25)33-19-4-2-1-3-18(19)21(31)29-13-11-28(12-14-29)20(30)15-5-7-16(8-6-15)26-23(32)27-17-9-10-17/h1-8,17,22H,9-14H2,(H2,26,27,32). The van der Waals surface area contributed by atoms with E-state index in [2.05, 4.69) is 15.4 Å². The van der Waals surface area contributed by atoms with Gasteiger partial charge in [0.05, 0.1) is 5.56 Å². The van der Waals surface area contributed by atoms with Crippen LogP contribution in [0.2, 0.25) is 0 Å². The van der Waals surface area contributed by atoms with Gasteiger partial charge in [0, 0.05) is 43.5 Å². The molecule has 2 fully saturated rings. The van der Waals surface area contributed by atoms with E-state index in [0.29, 0.717) is 24.3 Å². The van der Waals surface area contributed by atoms with Gasteiger partial charge in [-0.2, -0.15) is 8.78 Å². The number of rotatable bonds is 6. The number of piperazine rings is 1. The maximum absolute atomic E-state index is 12.8. The Morgan fingerprint density at radius 2 is 1.48 bits per heavy atom. The molecule has 10 heteroatoms. The average Bonchev–Trinajstić information content (AvgIpc) is 3.62. The Kier molecular flexibility index (Phi) is 6.71. The summed E-state index contributed by atoms with van der Waals surface area (Å²) in [6, 6.07) is 12.5. The topological polar surface area (TPSA) is 91.0 Å². The molecule has 0 aromatic heterocycles. The summed E-state index contributed by atoms with van der Waals surface area (Å²) in [6.07, 6.45) is 1.99. The van der Waals surface area contributed by atoms with Crippen molar-refractivity contribution in [1.29, 1.82) is 0 Å². The molecule has 0 unspecified atom stereocenters. The second kappa shape index (κ2) is 9.85. The highest BCUT2D eigenvalue weighted by atomic mass is 19.3. The zero-order valence-electron chi connectivity index (χ0n) is 17.8. The fraction of sp³-hybridized carbons (Fsp3) is 0.348. The molecule has 0 bridgehead atoms. The molecule has 2 aliphatic rings. The van der Waals surface area contributed by atoms with Crippen molar-refractivity contribution in [2.24, 2.45) is 0 Å². The number of amides is 4. The first-order valence-corrected chi connectivity index (χ1v) is 10.7. The third-order valence-corrected chi connectivity index (χ3v) is 5.49. The molecule has 1 heterocycles. The molecule has 33 heavy (non-hydrogen) atoms. The lowest BCUT2D eigenvalue weighted by Gasteiger charge is -2.35. The van der Waals surface area contributed by atoms with Crippen LogP contribution >= 0.6 is 0 Å². The predicted octanol–water partition coefficient (Wildman–Crippen LogP) is 3.17. The van der Waals surface area contributed by atoms with Crippen LogP contribution in [0, 0.1) is 0 Å². The van der Waals surface area contributed by atoms with Gasteiger partial charge in [-0.1, -0.05) is 12.1 Å². The lowest BCUT2D eigenvalue weighted by Crippen LogP contribution is -2.50. The van der Waals surface area contributed by atoms with E-state index < -0.39 is 12.5 Å². The van der Waals surface area contributed by atoms with E-state index in [-0.39, 0.29) is 42.4 Å². The third kappa shape index (κ3) is 5.76. The van der Waals surface area contributed by atoms with Crippen LogP contribution < -0.4 is 15.4 Å². The van der Waals surface area contributed by atoms with Gasteiger partial charge in [-0.3, -0.25) is 9.59 Å². The van der Waals surface area contributed by atoms with E-state index in [0.717, 1.165) is 12.8 Å². The van der Waals surface area contributed by atoms with Crippen LogP contribution in [0.5, 0.6) is 5.75 Å². The number of carbonyl (C=O) groups is 3. The Morgan fingerprint density at radius 3 is 2.09 bits per heavy atom. The molecule has 0 spiro atoms. The molecule has 1 aliphatic heterocycles. The summed E-state index contributed by atoms with van der Waals surface area (Å²) < 4.78 is 29.7. The minimum absolute atomic E-state index is 0.0615. The van der Waals surface area contributed by atoms with Gasteiger partial charge in [0.1, 0.15) is 5.75 Å². The van der Waals surface area contributed by atoms with Gasteiger partial charge in [-0.25, -0.2) is 4.79 Å². The highest BCUT2D eigenvalue weighted by Gasteiger charge is 2.27. The fourth-order valence-corrected chi connectivity index (χ4v) is 3.58. The van der Waals surface area contributed by atoms with Gasteiger partial charge in [0.25, 0.3) is 11.8 Å². The Balaban J connectivity index is 1.31. The summed E-state index contributed by atoms with van der Waals surface area (Å²) in [5.74, 6) is -0.772. The Hall–Kier alpha value is -3.69. The Labute approximate surface area is 189 Å². The highest BCUT2D eigenvalue weighted by molar-refractivity contribution is 5.98. The average molecular weight is 458 g/mol. The summed E-state index contributed by atoms with van der Waals surface area (Å²) in [6.45, 7) is -1.86. The third-order valence-electron chi connectivity index (χ3n) is 5.49. The summed E-state index contributed by atoms with van der Waals surface area (Å²) in [5, 5.41) is 5.56. The van der Waals surface area contributed by atoms with Crippen LogP contribution in [0.4, 0.5) is 19.3 Å². The van der Waals surface area contributed by atoms with E-state index in [1.54, 1.807) is 35.2 Å². The normalized spacial score (nSPS) is 15.8. The molecule has 1 saturated carbocycles. The molecular weight excluding hydrogens is 434 g/mol. The lowest BCUT2D eigenvalue weighted by molar-refractivity contribution is -0.0503. The number of benzene rings is 2. The predicted molar refractivity (Wildman–Crippen MR) is 116 cm³/mol. The van der Waals surface area contributed by atoms with Crippen molar-refractivity contribution in [2.75, 3.05) is 31.5 Å². The minimum Gasteiger partial charge on any atom is -0.434 e. The molecule has 2 N–H and O–H groups in total. The maximum Gasteiger partial charge on any atom is 0.387 e. The molecule has 2 aromatic rings. The summed E-state index contributed by atoms with van der Waals surface area (Å²) >= 11 is 0. The second-order valence-corrected chi connectivity index (χ2v) is 7.91. The van der Waals surface area contributed by atoms with E-state index >= 15 is 0 Å². The van der Waals surface area contributed by atoms with E-state index in [1.807, 2.05) is 0 Å². The fourth-order valence-electron chi connectivity index (χ4n) is 3.58. The van der Waals surface area contributed by atoms with Gasteiger partial charge < -0.3 is 25.2 Å². The van der Waals surface area contributed by atoms with Crippen LogP contribution in [-0.4, -0.2) is 66.5 Å². The molecule has 8 nitrogen and oxygen atoms in total. The second-order valence-electron chi connectivity index (χ2n) is 7.91. The molecule has 2 aromatic carbocycles. The number of ether oxygens (including phenoxy) is 1. The number of alkyl halides is 2. The van der Waals surface area contributed by atoms with Gasteiger partial charge in [-0.15, -0.1) is 0 Å². The molecule has 1 aliphatic carbocycles. The van der Waals surface area contributed by atoms with Gasteiger partial charge in [0.15, 0.2) is 0 Å². The van der Waals surface area contributed by atoms with Crippen molar-refractivity contribution in [3.8, 4) is 5.75 Å². The first kappa shape index (κ1) is 22.5. The number of hydrogen-bond donors (Lipinski definition) is 2. The first-order valence-electron chi connectivity index (χ1n) is 10.7. The zero-order chi connectivity index (χ0) is 23.4. The number of carbonyl (C=O) groups excluding carboxylic acids is 3. The van der Waals surface area contributed by atoms with Crippen molar-refractivity contribution in [3.63, 3.8) is 0 Å². The molecular formula is C23H24F2N4O4. The number of urea groups is 1. The number of anilines is 1. The van der Waals surface area contributed by atoms with E-state index in [4.69, 9.17) is 0 Å². The van der Waals surface area contributed by atoms with Crippen molar-refractivity contribution in [1.82, 2.24) is 15.1 Å². The summed E-state index contributed by atoms with van der Waals surface area (Å²) in [4.78, 5) is 40.6. The molecule has 4 rings (SSSR count). The summed E-state index contributed by atoms with van der Waals surface area (Å²) in [5.41, 5.74) is 1.12. The van der Waals surface area contributed by atoms with Crippen LogP contribution in [0.1, 0.15) is 33.6 Å². The monoisotopic (exact) mass is 458 g/mol. The van der Waals surface area contributed by atoms with Crippen LogP contribution in [0.3, 0.4) is 0 Å². The number of nitrogens with zero attached hydrogens (tertiary/aromatic N) is 2. The number of nitrogens with one attached hydrogen (secondary N) is 2. The minimum atomic E-state index is -3.03. The number of hydrogen-bond acceptors (Lipinski definition) is 4. The van der Waals surface area contributed by atoms with Crippen molar-refractivity contribution in [2.45, 2.75) is 25.5 Å². The smallest absolute Gasteiger partial charge is 0.387 e. The summed E-state index contributed by atoms with van der Waals surface area (Å²) in [7, 11) is 0. The molecule has 4 amide bonds. The first-order chi connectivity index (χ1) is 15.9. The quantitative estimate of drug-likeness (QED) is 0.696. The molecule has 0 atom stereocenters. The Bertz CT molecular complexity index is 1020. The van der Waals surface area contributed by atoms with E-state index in [9.17, 15) is 23.2 Å². The van der Waals surface area contributed by atoms with Crippen LogP contribution in [-0.2, 0) is 0 Å². The number of para-hydroxylation sites is 1. The van der Waals surface area contributed by atoms with Gasteiger partial charge >= 0.3 is 12.6 Å². The maximum atomic E-state index is 12.8. The van der Waals surface area contributed by atoms with Crippen molar-refractivity contribution in [3.05, 3.63) is 59.7 Å². The van der Waals surface area contributed by atoms with Crippen LogP contribution in [0.15, 0.2) is 48.5 Å². The van der Waals surface area contributed by atoms with Crippen LogP contribution in [0.25, 0.3) is 0 Å². The molecule has 1 saturated heterocycles. The lowest BCUT2D eigenvalue weighted by atomic mass is 10.1. The Morgan fingerprint density at radius 1 is 0.879 bits per heavy atom. The SMILES string of the molecule is O=C(Nc1ccc(C(=O)N2CCN(C(=O)c3ccccc3OC(F)F)CC2)cc1)NC1CC1. The highest BCUT2D eigenvalue weighted by Crippen LogP contribution is 2.23. The van der Waals surface area contributed by atoms with E-state index in [1.165, 1.54) is 23.1 Å². The zero-order valence-corrected chi connectivity index (χ0v) is 17.8. The van der Waals surface area contributed by atoms with Gasteiger partial charge in [-0.05, 0) is 49.2 Å². The molecule has 0 radical (unpaired) electrons. The number of halogens is 2.